The summed E-state index contributed by atoms with van der Waals surface area (Å²) in [5.74, 6) is -1.14. The first kappa shape index (κ1) is 15.6. The predicted molar refractivity (Wildman–Crippen MR) is 64.5 cm³/mol. The summed E-state index contributed by atoms with van der Waals surface area (Å²) in [6.07, 6.45) is -0.601. The third kappa shape index (κ3) is 3.25. The summed E-state index contributed by atoms with van der Waals surface area (Å²) >= 11 is -1.81. The van der Waals surface area contributed by atoms with Gasteiger partial charge in [0.1, 0.15) is 4.08 Å². The van der Waals surface area contributed by atoms with E-state index < -0.39 is 50.8 Å². The van der Waals surface area contributed by atoms with E-state index >= 15 is 0 Å². The fraction of sp³-hybridized carbons (Fsp3) is 0.364. The normalized spacial score (nSPS) is 18.2. The van der Waals surface area contributed by atoms with Crippen molar-refractivity contribution in [3.05, 3.63) is 35.4 Å². The van der Waals surface area contributed by atoms with Crippen molar-refractivity contribution >= 4 is 29.3 Å². The first-order chi connectivity index (χ1) is 9.03. The molecule has 0 saturated carbocycles. The third-order valence-corrected chi connectivity index (χ3v) is 4.87. The fourth-order valence-electron chi connectivity index (χ4n) is 1.99. The Balaban J connectivity index is 2.43. The number of fused-ring (bicyclic) bond motifs is 1. The van der Waals surface area contributed by atoms with Gasteiger partial charge in [-0.3, -0.25) is 4.79 Å². The third-order valence-electron chi connectivity index (χ3n) is 2.59. The molecule has 0 bridgehead atoms. The van der Waals surface area contributed by atoms with E-state index in [1.807, 2.05) is 0 Å². The molecular weight excluding hydrogens is 326 g/mol. The van der Waals surface area contributed by atoms with Crippen LogP contribution in [0.4, 0.5) is 26.3 Å². The van der Waals surface area contributed by atoms with E-state index in [-0.39, 0.29) is 11.1 Å². The van der Waals surface area contributed by atoms with Gasteiger partial charge in [0.25, 0.3) is 0 Å². The number of hydrogen-bond acceptors (Lipinski definition) is 3. The van der Waals surface area contributed by atoms with E-state index in [4.69, 9.17) is 0 Å². The maximum absolute atomic E-state index is 12.6. The molecule has 0 unspecified atom stereocenters. The lowest BCUT2D eigenvalue weighted by molar-refractivity contribution is -0.0356. The van der Waals surface area contributed by atoms with Crippen molar-refractivity contribution in [1.82, 2.24) is 0 Å². The smallest absolute Gasteiger partial charge is 0.292 e. The highest BCUT2D eigenvalue weighted by atomic mass is 32.2. The molecule has 0 aromatic heterocycles. The minimum absolute atomic E-state index is 0.0824. The van der Waals surface area contributed by atoms with Crippen LogP contribution in [0.15, 0.2) is 24.3 Å². The number of Topliss-reactive ketones (excluding diaryl/α,β-unsaturated/α-hetero) is 1. The number of hydrogen-bond donors (Lipinski definition) is 0. The number of ketones is 1. The second-order valence-electron chi connectivity index (χ2n) is 4.01. The second kappa shape index (κ2) is 4.87. The molecule has 110 valence electrons. The number of carbonyl (C=O) groups is 1. The van der Waals surface area contributed by atoms with Crippen molar-refractivity contribution < 1.29 is 31.1 Å². The molecule has 1 aromatic carbocycles. The van der Waals surface area contributed by atoms with E-state index in [2.05, 4.69) is 0 Å². The van der Waals surface area contributed by atoms with Gasteiger partial charge in [-0.05, 0) is 29.1 Å². The molecule has 0 radical (unpaired) electrons. The zero-order valence-electron chi connectivity index (χ0n) is 9.51. The summed E-state index contributed by atoms with van der Waals surface area (Å²) in [6.45, 7) is 0. The van der Waals surface area contributed by atoms with Crippen LogP contribution < -0.4 is 0 Å². The van der Waals surface area contributed by atoms with Gasteiger partial charge in [-0.25, -0.2) is 0 Å². The van der Waals surface area contributed by atoms with Gasteiger partial charge in [-0.2, -0.15) is 26.3 Å². The topological polar surface area (TPSA) is 17.1 Å². The summed E-state index contributed by atoms with van der Waals surface area (Å²) in [4.78, 5) is 12.0. The van der Waals surface area contributed by atoms with Gasteiger partial charge in [0.15, 0.2) is 5.78 Å². The molecule has 1 aromatic rings. The van der Waals surface area contributed by atoms with E-state index in [1.54, 1.807) is 0 Å². The second-order valence-corrected chi connectivity index (χ2v) is 7.00. The van der Waals surface area contributed by atoms with Crippen LogP contribution in [0.1, 0.15) is 15.9 Å². The first-order valence-electron chi connectivity index (χ1n) is 5.19. The molecule has 1 aliphatic carbocycles. The predicted octanol–water partition coefficient (Wildman–Crippen LogP) is 4.63. The van der Waals surface area contributed by atoms with Crippen LogP contribution >= 0.6 is 23.5 Å². The summed E-state index contributed by atoms with van der Waals surface area (Å²) in [6, 6.07) is 5.48. The number of rotatable bonds is 2. The molecule has 0 fully saturated rings. The molecule has 0 atom stereocenters. The SMILES string of the molecule is O=C1c2ccccc2CC1(SC(F)(F)F)SC(F)(F)F. The Bertz CT molecular complexity index is 520. The highest BCUT2D eigenvalue weighted by molar-refractivity contribution is 8.20. The van der Waals surface area contributed by atoms with Gasteiger partial charge in [-0.1, -0.05) is 24.3 Å². The zero-order chi connectivity index (χ0) is 15.2. The Morgan fingerprint density at radius 3 is 1.90 bits per heavy atom. The quantitative estimate of drug-likeness (QED) is 0.581. The zero-order valence-corrected chi connectivity index (χ0v) is 11.1. The molecule has 0 heterocycles. The minimum atomic E-state index is -4.93. The van der Waals surface area contributed by atoms with Gasteiger partial charge >= 0.3 is 11.0 Å². The van der Waals surface area contributed by atoms with Crippen LogP contribution in [0.3, 0.4) is 0 Å². The number of thioether (sulfide) groups is 2. The monoisotopic (exact) mass is 332 g/mol. The number of carbonyl (C=O) groups excluding carboxylic acids is 1. The van der Waals surface area contributed by atoms with Crippen LogP contribution in [-0.2, 0) is 6.42 Å². The molecule has 0 saturated heterocycles. The molecule has 2 rings (SSSR count). The van der Waals surface area contributed by atoms with Crippen molar-refractivity contribution in [2.75, 3.05) is 0 Å². The van der Waals surface area contributed by atoms with Crippen LogP contribution in [0, 0.1) is 0 Å². The van der Waals surface area contributed by atoms with E-state index in [0.29, 0.717) is 0 Å². The van der Waals surface area contributed by atoms with Gasteiger partial charge in [0.05, 0.1) is 0 Å². The van der Waals surface area contributed by atoms with E-state index in [1.165, 1.54) is 24.3 Å². The number of alkyl halides is 6. The van der Waals surface area contributed by atoms with Gasteiger partial charge in [0, 0.05) is 12.0 Å². The van der Waals surface area contributed by atoms with Crippen LogP contribution in [0.5, 0.6) is 0 Å². The number of benzene rings is 1. The Hall–Kier alpha value is -0.830. The molecule has 0 spiro atoms. The molecule has 1 nitrogen and oxygen atoms in total. The lowest BCUT2D eigenvalue weighted by Gasteiger charge is -2.27. The fourth-order valence-corrected chi connectivity index (χ4v) is 4.33. The molecule has 1 aliphatic rings. The molecule has 9 heteroatoms. The largest absolute Gasteiger partial charge is 0.443 e. The minimum Gasteiger partial charge on any atom is -0.292 e. The van der Waals surface area contributed by atoms with Crippen molar-refractivity contribution in [3.63, 3.8) is 0 Å². The summed E-state index contributed by atoms with van der Waals surface area (Å²) in [7, 11) is 0. The highest BCUT2D eigenvalue weighted by Gasteiger charge is 2.58. The molecule has 0 N–H and O–H groups in total. The molecule has 20 heavy (non-hydrogen) atoms. The van der Waals surface area contributed by atoms with Crippen LogP contribution in [0.25, 0.3) is 0 Å². The maximum Gasteiger partial charge on any atom is 0.443 e. The summed E-state index contributed by atoms with van der Waals surface area (Å²) in [5, 5.41) is 0. The first-order valence-corrected chi connectivity index (χ1v) is 6.82. The van der Waals surface area contributed by atoms with Gasteiger partial charge in [-0.15, -0.1) is 0 Å². The van der Waals surface area contributed by atoms with Crippen molar-refractivity contribution in [3.8, 4) is 0 Å². The summed E-state index contributed by atoms with van der Waals surface area (Å²) in [5.41, 5.74) is -9.75. The summed E-state index contributed by atoms with van der Waals surface area (Å²) < 4.78 is 72.7. The molecule has 0 aliphatic heterocycles. The van der Waals surface area contributed by atoms with Crippen molar-refractivity contribution in [2.45, 2.75) is 21.5 Å². The Kier molecular flexibility index (Phi) is 3.79. The molecule has 0 amide bonds. The van der Waals surface area contributed by atoms with E-state index in [9.17, 15) is 31.1 Å². The Morgan fingerprint density at radius 2 is 1.45 bits per heavy atom. The lowest BCUT2D eigenvalue weighted by Crippen LogP contribution is -2.35. The number of halogens is 6. The Morgan fingerprint density at radius 1 is 0.950 bits per heavy atom. The van der Waals surface area contributed by atoms with Crippen molar-refractivity contribution in [1.29, 1.82) is 0 Å². The molecular formula is C11H6F6OS2. The van der Waals surface area contributed by atoms with Crippen molar-refractivity contribution in [2.24, 2.45) is 0 Å². The van der Waals surface area contributed by atoms with Crippen LogP contribution in [-0.4, -0.2) is 20.9 Å². The highest BCUT2D eigenvalue weighted by Crippen LogP contribution is 2.58. The average Bonchev–Trinajstić information content (AvgIpc) is 2.47. The van der Waals surface area contributed by atoms with E-state index in [0.717, 1.165) is 0 Å². The standard InChI is InChI=1S/C11H6F6OS2/c12-10(13,14)19-9(20-11(15,16)17)5-6-3-1-2-4-7(6)8(9)18/h1-4H,5H2. The van der Waals surface area contributed by atoms with Gasteiger partial charge in [0.2, 0.25) is 0 Å². The average molecular weight is 332 g/mol. The maximum atomic E-state index is 12.6. The van der Waals surface area contributed by atoms with Gasteiger partial charge < -0.3 is 0 Å². The lowest BCUT2D eigenvalue weighted by atomic mass is 10.1. The van der Waals surface area contributed by atoms with Crippen LogP contribution in [0.2, 0.25) is 0 Å². The Labute approximate surface area is 118 Å².